The fourth-order valence-corrected chi connectivity index (χ4v) is 7.37. The van der Waals surface area contributed by atoms with Crippen LogP contribution in [0.1, 0.15) is 11.1 Å². The van der Waals surface area contributed by atoms with Gasteiger partial charge in [-0.2, -0.15) is 0 Å². The smallest absolute Gasteiger partial charge is 0.0562 e. The zero-order chi connectivity index (χ0) is 26.9. The Morgan fingerprint density at radius 2 is 1.20 bits per heavy atom. The van der Waals surface area contributed by atoms with Crippen LogP contribution in [0.4, 0.5) is 11.4 Å². The molecule has 6 aromatic carbocycles. The van der Waals surface area contributed by atoms with Gasteiger partial charge in [-0.3, -0.25) is 0 Å². The minimum absolute atomic E-state index is 0.468. The van der Waals surface area contributed by atoms with E-state index in [4.69, 9.17) is 0 Å². The first-order chi connectivity index (χ1) is 20.3. The van der Waals surface area contributed by atoms with Crippen molar-refractivity contribution in [3.8, 4) is 27.9 Å². The van der Waals surface area contributed by atoms with Crippen molar-refractivity contribution in [2.45, 2.75) is 18.9 Å². The zero-order valence-corrected chi connectivity index (χ0v) is 22.7. The molecule has 7 aromatic rings. The number of fused-ring (bicyclic) bond motifs is 9. The largest absolute Gasteiger partial charge is 0.337 e. The average molecular weight is 525 g/mol. The van der Waals surface area contributed by atoms with Crippen molar-refractivity contribution in [2.75, 3.05) is 4.90 Å². The monoisotopic (exact) mass is 524 g/mol. The van der Waals surface area contributed by atoms with E-state index in [9.17, 15) is 0 Å². The van der Waals surface area contributed by atoms with Gasteiger partial charge in [0.1, 0.15) is 0 Å². The Bertz CT molecular complexity index is 2100. The van der Waals surface area contributed by atoms with Crippen LogP contribution in [0.2, 0.25) is 0 Å². The normalized spacial score (nSPS) is 15.3. The summed E-state index contributed by atoms with van der Waals surface area (Å²) < 4.78 is 2.48. The van der Waals surface area contributed by atoms with E-state index in [1.165, 1.54) is 72.2 Å². The average Bonchev–Trinajstić information content (AvgIpc) is 3.69. The molecule has 0 amide bonds. The van der Waals surface area contributed by atoms with Crippen molar-refractivity contribution < 1.29 is 0 Å². The Hall–Kier alpha value is -5.08. The molecule has 0 N–H and O–H groups in total. The second kappa shape index (κ2) is 8.71. The van der Waals surface area contributed by atoms with Crippen molar-refractivity contribution in [2.24, 2.45) is 0 Å². The molecule has 0 radical (unpaired) electrons. The predicted octanol–water partition coefficient (Wildman–Crippen LogP) is 9.74. The number of nitrogens with zero attached hydrogens (tertiary/aromatic N) is 2. The fourth-order valence-electron chi connectivity index (χ4n) is 7.37. The topological polar surface area (TPSA) is 8.17 Å². The van der Waals surface area contributed by atoms with Gasteiger partial charge in [-0.05, 0) is 71.0 Å². The third-order valence-electron chi connectivity index (χ3n) is 9.09. The summed E-state index contributed by atoms with van der Waals surface area (Å²) in [5, 5.41) is 2.68. The maximum absolute atomic E-state index is 2.65. The molecule has 0 aliphatic carbocycles. The molecule has 0 saturated heterocycles. The summed E-state index contributed by atoms with van der Waals surface area (Å²) >= 11 is 0. The molecule has 3 heterocycles. The minimum Gasteiger partial charge on any atom is -0.337 e. The molecule has 0 spiro atoms. The highest BCUT2D eigenvalue weighted by atomic mass is 15.2. The van der Waals surface area contributed by atoms with Crippen LogP contribution < -0.4 is 4.90 Å². The van der Waals surface area contributed by atoms with E-state index in [0.717, 1.165) is 12.8 Å². The number of hydrogen-bond acceptors (Lipinski definition) is 1. The molecule has 194 valence electrons. The van der Waals surface area contributed by atoms with E-state index in [-0.39, 0.29) is 0 Å². The van der Waals surface area contributed by atoms with Crippen LogP contribution in [0.5, 0.6) is 0 Å². The van der Waals surface area contributed by atoms with Crippen molar-refractivity contribution in [3.63, 3.8) is 0 Å². The van der Waals surface area contributed by atoms with Gasteiger partial charge in [-0.1, -0.05) is 109 Å². The number of rotatable bonds is 3. The Morgan fingerprint density at radius 3 is 2.05 bits per heavy atom. The minimum atomic E-state index is 0.468. The Morgan fingerprint density at radius 1 is 0.488 bits per heavy atom. The Kier molecular flexibility index (Phi) is 4.82. The summed E-state index contributed by atoms with van der Waals surface area (Å²) in [6.45, 7) is 0. The van der Waals surface area contributed by atoms with E-state index < -0.39 is 0 Å². The van der Waals surface area contributed by atoms with Crippen molar-refractivity contribution in [1.82, 2.24) is 4.57 Å². The van der Waals surface area contributed by atoms with Gasteiger partial charge in [0.05, 0.1) is 22.4 Å². The van der Waals surface area contributed by atoms with Crippen LogP contribution in [0.3, 0.4) is 0 Å². The molecule has 41 heavy (non-hydrogen) atoms. The number of aromatic nitrogens is 1. The first kappa shape index (κ1) is 22.7. The first-order valence-electron chi connectivity index (χ1n) is 14.5. The molecule has 0 fully saturated rings. The van der Waals surface area contributed by atoms with Gasteiger partial charge in [-0.15, -0.1) is 0 Å². The molecule has 2 nitrogen and oxygen atoms in total. The lowest BCUT2D eigenvalue weighted by atomic mass is 9.98. The van der Waals surface area contributed by atoms with Crippen molar-refractivity contribution in [1.29, 1.82) is 0 Å². The van der Waals surface area contributed by atoms with E-state index in [0.29, 0.717) is 6.04 Å². The van der Waals surface area contributed by atoms with Crippen molar-refractivity contribution in [3.05, 3.63) is 151 Å². The second-order valence-corrected chi connectivity index (χ2v) is 11.3. The lowest BCUT2D eigenvalue weighted by Crippen LogP contribution is -2.22. The third kappa shape index (κ3) is 3.31. The molecule has 1 aromatic heterocycles. The highest BCUT2D eigenvalue weighted by Gasteiger charge is 2.39. The van der Waals surface area contributed by atoms with Crippen LogP contribution in [0, 0.1) is 0 Å². The summed E-state index contributed by atoms with van der Waals surface area (Å²) in [6.07, 6.45) is 2.17. The summed E-state index contributed by atoms with van der Waals surface area (Å²) in [5.41, 5.74) is 14.5. The molecular weight excluding hydrogens is 496 g/mol. The van der Waals surface area contributed by atoms with Gasteiger partial charge in [0.25, 0.3) is 0 Å². The summed E-state index contributed by atoms with van der Waals surface area (Å²) in [7, 11) is 0. The molecule has 0 saturated carbocycles. The van der Waals surface area contributed by atoms with Crippen LogP contribution in [0.15, 0.2) is 140 Å². The van der Waals surface area contributed by atoms with Gasteiger partial charge in [0.15, 0.2) is 0 Å². The van der Waals surface area contributed by atoms with Crippen LogP contribution in [0.25, 0.3) is 49.7 Å². The van der Waals surface area contributed by atoms with E-state index >= 15 is 0 Å². The highest BCUT2D eigenvalue weighted by molar-refractivity contribution is 6.17. The second-order valence-electron chi connectivity index (χ2n) is 11.3. The van der Waals surface area contributed by atoms with Gasteiger partial charge in [-0.25, -0.2) is 0 Å². The number of para-hydroxylation sites is 2. The summed E-state index contributed by atoms with van der Waals surface area (Å²) in [4.78, 5) is 2.65. The molecule has 9 rings (SSSR count). The number of benzene rings is 6. The molecule has 0 bridgehead atoms. The predicted molar refractivity (Wildman–Crippen MR) is 171 cm³/mol. The fraction of sp³-hybridized carbons (Fsp3) is 0.0769. The van der Waals surface area contributed by atoms with E-state index in [1.807, 2.05) is 0 Å². The van der Waals surface area contributed by atoms with E-state index in [1.54, 1.807) is 0 Å². The molecular formula is C39H28N2. The van der Waals surface area contributed by atoms with Crippen molar-refractivity contribution >= 4 is 33.2 Å². The quantitative estimate of drug-likeness (QED) is 0.223. The highest BCUT2D eigenvalue weighted by Crippen LogP contribution is 2.52. The maximum atomic E-state index is 2.65. The van der Waals surface area contributed by atoms with Crippen LogP contribution >= 0.6 is 0 Å². The number of hydrogen-bond donors (Lipinski definition) is 0. The van der Waals surface area contributed by atoms with Gasteiger partial charge in [0.2, 0.25) is 0 Å². The van der Waals surface area contributed by atoms with Gasteiger partial charge >= 0.3 is 0 Å². The van der Waals surface area contributed by atoms with Crippen LogP contribution in [-0.2, 0) is 12.8 Å². The molecule has 1 atom stereocenters. The lowest BCUT2D eigenvalue weighted by Gasteiger charge is -2.22. The molecule has 2 aliphatic rings. The molecule has 2 heteroatoms. The summed E-state index contributed by atoms with van der Waals surface area (Å²) in [5.74, 6) is 0. The Labute approximate surface area is 239 Å². The zero-order valence-electron chi connectivity index (χ0n) is 22.7. The van der Waals surface area contributed by atoms with Gasteiger partial charge < -0.3 is 9.47 Å². The summed E-state index contributed by atoms with van der Waals surface area (Å²) in [6, 6.07) is 51.5. The van der Waals surface area contributed by atoms with Gasteiger partial charge in [0, 0.05) is 28.1 Å². The first-order valence-corrected chi connectivity index (χ1v) is 14.5. The molecule has 2 aliphatic heterocycles. The lowest BCUT2D eigenvalue weighted by molar-refractivity contribution is 0.726. The number of anilines is 2. The van der Waals surface area contributed by atoms with Crippen LogP contribution in [-0.4, -0.2) is 10.6 Å². The standard InChI is InChI=1S/C39H28N2/c1-3-11-26(12-4-1)28-19-21-34-30(23-28)25-31-24-29-20-22-37-38(39(29)40(31)34)33-16-8-10-18-36(33)41(37)35-17-9-7-15-32(35)27-13-5-2-6-14-27/h1-23,31H,24-25H2. The SMILES string of the molecule is c1ccc(-c2ccc3c(c2)CC2Cc4ccc5c(c4N32)c2ccccc2n5-c2ccccc2-c2ccccc2)cc1. The molecule has 1 unspecified atom stereocenters. The maximum Gasteiger partial charge on any atom is 0.0562 e. The Balaban J connectivity index is 1.28. The van der Waals surface area contributed by atoms with E-state index in [2.05, 4.69) is 149 Å². The third-order valence-corrected chi connectivity index (χ3v) is 9.09.